The molecule has 17 heavy (non-hydrogen) atoms. The van der Waals surface area contributed by atoms with Gasteiger partial charge in [0.2, 0.25) is 0 Å². The Morgan fingerprint density at radius 2 is 1.94 bits per heavy atom. The molecular weight excluding hydrogens is 210 g/mol. The summed E-state index contributed by atoms with van der Waals surface area (Å²) in [7, 11) is 0. The second-order valence-electron chi connectivity index (χ2n) is 5.25. The first-order valence-electron chi connectivity index (χ1n) is 6.83. The van der Waals surface area contributed by atoms with Crippen molar-refractivity contribution in [1.82, 2.24) is 5.32 Å². The average Bonchev–Trinajstić information content (AvgIpc) is 2.96. The van der Waals surface area contributed by atoms with E-state index in [0.717, 1.165) is 13.2 Å². The minimum atomic E-state index is 0.520. The first-order chi connectivity index (χ1) is 8.42. The Morgan fingerprint density at radius 3 is 2.59 bits per heavy atom. The van der Waals surface area contributed by atoms with E-state index in [9.17, 15) is 0 Å². The van der Waals surface area contributed by atoms with Gasteiger partial charge in [-0.05, 0) is 49.8 Å². The maximum absolute atomic E-state index is 5.64. The molecule has 0 saturated carbocycles. The van der Waals surface area contributed by atoms with Crippen molar-refractivity contribution in [3.8, 4) is 0 Å². The summed E-state index contributed by atoms with van der Waals surface area (Å²) in [4.78, 5) is 0. The molecule has 0 spiro atoms. The molecule has 1 atom stereocenters. The third-order valence-corrected chi connectivity index (χ3v) is 3.97. The van der Waals surface area contributed by atoms with E-state index in [2.05, 4.69) is 29.6 Å². The molecule has 1 heterocycles. The van der Waals surface area contributed by atoms with Gasteiger partial charge in [0.25, 0.3) is 0 Å². The van der Waals surface area contributed by atoms with Crippen LogP contribution in [0.25, 0.3) is 0 Å². The lowest BCUT2D eigenvalue weighted by molar-refractivity contribution is 0.103. The molecule has 92 valence electrons. The fourth-order valence-electron chi connectivity index (χ4n) is 3.02. The molecule has 1 aliphatic heterocycles. The van der Waals surface area contributed by atoms with E-state index in [-0.39, 0.29) is 0 Å². The van der Waals surface area contributed by atoms with Crippen molar-refractivity contribution in [1.29, 1.82) is 0 Å². The minimum absolute atomic E-state index is 0.520. The summed E-state index contributed by atoms with van der Waals surface area (Å²) in [6.07, 6.45) is 6.59. The summed E-state index contributed by atoms with van der Waals surface area (Å²) >= 11 is 0. The zero-order valence-electron chi connectivity index (χ0n) is 10.3. The molecule has 2 nitrogen and oxygen atoms in total. The topological polar surface area (TPSA) is 21.3 Å². The van der Waals surface area contributed by atoms with Gasteiger partial charge in [-0.2, -0.15) is 0 Å². The number of benzene rings is 1. The third-order valence-electron chi connectivity index (χ3n) is 3.97. The normalized spacial score (nSPS) is 24.1. The molecule has 0 bridgehead atoms. The molecule has 1 aliphatic carbocycles. The standard InChI is InChI=1S/C15H21NO/c1-2-5-13-11-14(10-12(13)4-1)16-8-7-15-6-3-9-17-15/h1-2,4-5,14-16H,3,6-11H2. The van der Waals surface area contributed by atoms with Gasteiger partial charge < -0.3 is 10.1 Å². The van der Waals surface area contributed by atoms with Crippen molar-refractivity contribution >= 4 is 0 Å². The number of ether oxygens (including phenoxy) is 1. The zero-order valence-corrected chi connectivity index (χ0v) is 10.3. The number of fused-ring (bicyclic) bond motifs is 1. The van der Waals surface area contributed by atoms with E-state index in [1.807, 2.05) is 0 Å². The second-order valence-corrected chi connectivity index (χ2v) is 5.25. The quantitative estimate of drug-likeness (QED) is 0.858. The molecule has 0 amide bonds. The van der Waals surface area contributed by atoms with Crippen LogP contribution in [0.15, 0.2) is 24.3 Å². The molecule has 1 unspecified atom stereocenters. The van der Waals surface area contributed by atoms with Crippen LogP contribution in [0.5, 0.6) is 0 Å². The van der Waals surface area contributed by atoms with Crippen LogP contribution < -0.4 is 5.32 Å². The lowest BCUT2D eigenvalue weighted by Gasteiger charge is -2.14. The Balaban J connectivity index is 1.43. The summed E-state index contributed by atoms with van der Waals surface area (Å²) in [5, 5.41) is 3.68. The van der Waals surface area contributed by atoms with Crippen LogP contribution in [0, 0.1) is 0 Å². The van der Waals surface area contributed by atoms with Crippen LogP contribution in [-0.2, 0) is 17.6 Å². The van der Waals surface area contributed by atoms with E-state index in [1.165, 1.54) is 43.2 Å². The minimum Gasteiger partial charge on any atom is -0.378 e. The van der Waals surface area contributed by atoms with Gasteiger partial charge in [0.15, 0.2) is 0 Å². The molecule has 2 heteroatoms. The van der Waals surface area contributed by atoms with Crippen LogP contribution >= 0.6 is 0 Å². The number of hydrogen-bond donors (Lipinski definition) is 1. The van der Waals surface area contributed by atoms with E-state index >= 15 is 0 Å². The molecule has 3 rings (SSSR count). The average molecular weight is 231 g/mol. The van der Waals surface area contributed by atoms with E-state index < -0.39 is 0 Å². The zero-order chi connectivity index (χ0) is 11.5. The van der Waals surface area contributed by atoms with Gasteiger partial charge in [0.05, 0.1) is 6.10 Å². The maximum atomic E-state index is 5.64. The molecule has 1 aromatic carbocycles. The van der Waals surface area contributed by atoms with Gasteiger partial charge in [0.1, 0.15) is 0 Å². The fraction of sp³-hybridized carbons (Fsp3) is 0.600. The van der Waals surface area contributed by atoms with Crippen LogP contribution in [-0.4, -0.2) is 25.3 Å². The van der Waals surface area contributed by atoms with E-state index in [0.29, 0.717) is 12.1 Å². The molecule has 1 aromatic rings. The molecule has 2 aliphatic rings. The van der Waals surface area contributed by atoms with E-state index in [4.69, 9.17) is 4.74 Å². The van der Waals surface area contributed by atoms with Crippen molar-refractivity contribution < 1.29 is 4.74 Å². The summed E-state index contributed by atoms with van der Waals surface area (Å²) in [6, 6.07) is 9.46. The first-order valence-corrected chi connectivity index (χ1v) is 6.83. The smallest absolute Gasteiger partial charge is 0.0588 e. The summed E-state index contributed by atoms with van der Waals surface area (Å²) in [5.41, 5.74) is 3.06. The van der Waals surface area contributed by atoms with Crippen molar-refractivity contribution in [3.63, 3.8) is 0 Å². The van der Waals surface area contributed by atoms with Gasteiger partial charge in [-0.15, -0.1) is 0 Å². The van der Waals surface area contributed by atoms with Gasteiger partial charge in [-0.3, -0.25) is 0 Å². The predicted octanol–water partition coefficient (Wildman–Crippen LogP) is 2.31. The summed E-state index contributed by atoms with van der Waals surface area (Å²) in [5.74, 6) is 0. The maximum Gasteiger partial charge on any atom is 0.0588 e. The highest BCUT2D eigenvalue weighted by Crippen LogP contribution is 2.22. The lowest BCUT2D eigenvalue weighted by Crippen LogP contribution is -2.32. The number of nitrogens with one attached hydrogen (secondary N) is 1. The van der Waals surface area contributed by atoms with Crippen molar-refractivity contribution in [2.24, 2.45) is 0 Å². The highest BCUT2D eigenvalue weighted by Gasteiger charge is 2.21. The van der Waals surface area contributed by atoms with Crippen molar-refractivity contribution in [3.05, 3.63) is 35.4 Å². The van der Waals surface area contributed by atoms with Gasteiger partial charge in [0, 0.05) is 12.6 Å². The molecule has 1 saturated heterocycles. The highest BCUT2D eigenvalue weighted by molar-refractivity contribution is 5.33. The summed E-state index contributed by atoms with van der Waals surface area (Å²) < 4.78 is 5.64. The molecule has 0 radical (unpaired) electrons. The van der Waals surface area contributed by atoms with Crippen molar-refractivity contribution in [2.45, 2.75) is 44.2 Å². The Labute approximate surface area is 103 Å². The van der Waals surface area contributed by atoms with Crippen LogP contribution in [0.4, 0.5) is 0 Å². The predicted molar refractivity (Wildman–Crippen MR) is 69.2 cm³/mol. The SMILES string of the molecule is c1ccc2c(c1)CC(NCCC1CCCO1)C2. The molecule has 1 fully saturated rings. The lowest BCUT2D eigenvalue weighted by atomic mass is 10.1. The molecule has 1 N–H and O–H groups in total. The number of hydrogen-bond acceptors (Lipinski definition) is 2. The Hall–Kier alpha value is -0.860. The third kappa shape index (κ3) is 2.70. The van der Waals surface area contributed by atoms with Crippen LogP contribution in [0.1, 0.15) is 30.4 Å². The molecule has 0 aromatic heterocycles. The van der Waals surface area contributed by atoms with Gasteiger partial charge in [-0.1, -0.05) is 24.3 Å². The fourth-order valence-corrected chi connectivity index (χ4v) is 3.02. The van der Waals surface area contributed by atoms with Crippen molar-refractivity contribution in [2.75, 3.05) is 13.2 Å². The largest absolute Gasteiger partial charge is 0.378 e. The van der Waals surface area contributed by atoms with Gasteiger partial charge in [-0.25, -0.2) is 0 Å². The summed E-state index contributed by atoms with van der Waals surface area (Å²) in [6.45, 7) is 2.07. The van der Waals surface area contributed by atoms with Crippen LogP contribution in [0.2, 0.25) is 0 Å². The monoisotopic (exact) mass is 231 g/mol. The van der Waals surface area contributed by atoms with Crippen LogP contribution in [0.3, 0.4) is 0 Å². The Bertz CT molecular complexity index is 346. The number of rotatable bonds is 4. The van der Waals surface area contributed by atoms with Gasteiger partial charge >= 0.3 is 0 Å². The Morgan fingerprint density at radius 1 is 1.18 bits per heavy atom. The first kappa shape index (κ1) is 11.2. The van der Waals surface area contributed by atoms with E-state index in [1.54, 1.807) is 0 Å². The Kier molecular flexibility index (Phi) is 3.44. The highest BCUT2D eigenvalue weighted by atomic mass is 16.5. The molecular formula is C15H21NO. The second kappa shape index (κ2) is 5.19.